The SMILES string of the molecule is C[Si](C)(C(C1C=CCC=N1)C1C=CCC=N1)N1CCCN2CCCN=C21. The van der Waals surface area contributed by atoms with Crippen molar-refractivity contribution in [2.45, 2.75) is 56.4 Å². The van der Waals surface area contributed by atoms with Crippen molar-refractivity contribution in [1.82, 2.24) is 9.47 Å². The van der Waals surface area contributed by atoms with Crippen molar-refractivity contribution in [3.63, 3.8) is 0 Å². The van der Waals surface area contributed by atoms with Crippen LogP contribution in [0.5, 0.6) is 0 Å². The molecule has 4 heterocycles. The molecule has 0 N–H and O–H groups in total. The van der Waals surface area contributed by atoms with E-state index in [1.807, 2.05) is 0 Å². The highest BCUT2D eigenvalue weighted by molar-refractivity contribution is 6.78. The predicted octanol–water partition coefficient (Wildman–Crippen LogP) is 3.13. The number of aliphatic imine (C=N–C) groups is 3. The Labute approximate surface area is 158 Å². The van der Waals surface area contributed by atoms with Gasteiger partial charge in [-0.2, -0.15) is 0 Å². The van der Waals surface area contributed by atoms with Crippen LogP contribution >= 0.6 is 0 Å². The number of guanidine groups is 1. The molecular formula is C20H31N5Si. The van der Waals surface area contributed by atoms with Gasteiger partial charge in [-0.15, -0.1) is 0 Å². The van der Waals surface area contributed by atoms with Gasteiger partial charge in [-0.1, -0.05) is 37.4 Å². The van der Waals surface area contributed by atoms with Crippen LogP contribution in [-0.4, -0.2) is 74.4 Å². The second kappa shape index (κ2) is 7.51. The number of hydrogen-bond acceptors (Lipinski definition) is 5. The first kappa shape index (κ1) is 17.7. The maximum absolute atomic E-state index is 4.96. The molecule has 1 fully saturated rings. The summed E-state index contributed by atoms with van der Waals surface area (Å²) in [5, 5.41) is 0. The number of hydrogen-bond donors (Lipinski definition) is 0. The lowest BCUT2D eigenvalue weighted by Gasteiger charge is -2.52. The van der Waals surface area contributed by atoms with Crippen LogP contribution in [-0.2, 0) is 0 Å². The van der Waals surface area contributed by atoms with E-state index in [9.17, 15) is 0 Å². The van der Waals surface area contributed by atoms with Crippen molar-refractivity contribution >= 4 is 26.6 Å². The maximum atomic E-state index is 4.96. The molecule has 0 radical (unpaired) electrons. The summed E-state index contributed by atoms with van der Waals surface area (Å²) >= 11 is 0. The van der Waals surface area contributed by atoms with E-state index < -0.39 is 8.24 Å². The van der Waals surface area contributed by atoms with E-state index in [4.69, 9.17) is 15.0 Å². The standard InChI is InChI=1S/C20H31N5Si/c1-26(2,25-16-8-15-24-14-7-13-23-20(24)25)19(17-9-3-5-11-21-17)18-10-4-6-12-22-18/h3-4,9-12,17-19H,5-8,13-16H2,1-2H3. The van der Waals surface area contributed by atoms with Gasteiger partial charge in [0.05, 0.1) is 12.1 Å². The van der Waals surface area contributed by atoms with Crippen molar-refractivity contribution in [1.29, 1.82) is 0 Å². The summed E-state index contributed by atoms with van der Waals surface area (Å²) in [6.07, 6.45) is 17.7. The molecule has 0 saturated carbocycles. The fraction of sp³-hybridized carbons (Fsp3) is 0.650. The van der Waals surface area contributed by atoms with E-state index in [0.29, 0.717) is 5.54 Å². The highest BCUT2D eigenvalue weighted by Crippen LogP contribution is 2.39. The lowest BCUT2D eigenvalue weighted by molar-refractivity contribution is 0.293. The van der Waals surface area contributed by atoms with Gasteiger partial charge < -0.3 is 9.47 Å². The van der Waals surface area contributed by atoms with E-state index >= 15 is 0 Å². The third kappa shape index (κ3) is 3.31. The number of rotatable bonds is 4. The lowest BCUT2D eigenvalue weighted by atomic mass is 10.0. The van der Waals surface area contributed by atoms with E-state index in [-0.39, 0.29) is 12.1 Å². The fourth-order valence-corrected chi connectivity index (χ4v) is 8.73. The molecule has 0 aliphatic carbocycles. The highest BCUT2D eigenvalue weighted by Gasteiger charge is 2.48. The molecule has 0 amide bonds. The Bertz CT molecular complexity index is 609. The molecule has 0 aromatic heterocycles. The van der Waals surface area contributed by atoms with E-state index in [1.165, 1.54) is 18.8 Å². The van der Waals surface area contributed by atoms with Gasteiger partial charge in [-0.3, -0.25) is 15.0 Å². The molecular weight excluding hydrogens is 338 g/mol. The van der Waals surface area contributed by atoms with Crippen LogP contribution in [0.25, 0.3) is 0 Å². The summed E-state index contributed by atoms with van der Waals surface area (Å²) in [6.45, 7) is 9.44. The van der Waals surface area contributed by atoms with Crippen LogP contribution in [0.3, 0.4) is 0 Å². The van der Waals surface area contributed by atoms with Gasteiger partial charge in [0.2, 0.25) is 0 Å². The van der Waals surface area contributed by atoms with Crippen molar-refractivity contribution < 1.29 is 0 Å². The molecule has 2 unspecified atom stereocenters. The van der Waals surface area contributed by atoms with Gasteiger partial charge >= 0.3 is 0 Å². The van der Waals surface area contributed by atoms with E-state index in [2.05, 4.69) is 59.3 Å². The van der Waals surface area contributed by atoms with Gasteiger partial charge in [0.15, 0.2) is 14.2 Å². The van der Waals surface area contributed by atoms with Crippen molar-refractivity contribution in [2.75, 3.05) is 26.2 Å². The first-order chi connectivity index (χ1) is 12.7. The predicted molar refractivity (Wildman–Crippen MR) is 113 cm³/mol. The first-order valence-corrected chi connectivity index (χ1v) is 13.1. The molecule has 4 aliphatic heterocycles. The molecule has 26 heavy (non-hydrogen) atoms. The molecule has 4 aliphatic rings. The number of allylic oxidation sites excluding steroid dienone is 2. The van der Waals surface area contributed by atoms with Crippen molar-refractivity contribution in [3.8, 4) is 0 Å². The van der Waals surface area contributed by atoms with Gasteiger partial charge in [0.1, 0.15) is 0 Å². The lowest BCUT2D eigenvalue weighted by Crippen LogP contribution is -2.65. The largest absolute Gasteiger partial charge is 0.369 e. The smallest absolute Gasteiger partial charge is 0.188 e. The summed E-state index contributed by atoms with van der Waals surface area (Å²) in [6, 6.07) is 0.463. The summed E-state index contributed by atoms with van der Waals surface area (Å²) in [5.41, 5.74) is 0.424. The molecule has 2 atom stereocenters. The summed E-state index contributed by atoms with van der Waals surface area (Å²) in [5.74, 6) is 1.26. The Morgan fingerprint density at radius 1 is 0.962 bits per heavy atom. The second-order valence-corrected chi connectivity index (χ2v) is 12.7. The summed E-state index contributed by atoms with van der Waals surface area (Å²) < 4.78 is 2.69. The van der Waals surface area contributed by atoms with Crippen LogP contribution < -0.4 is 0 Å². The summed E-state index contributed by atoms with van der Waals surface area (Å²) in [7, 11) is -1.88. The van der Waals surface area contributed by atoms with Crippen molar-refractivity contribution in [3.05, 3.63) is 24.3 Å². The van der Waals surface area contributed by atoms with Gasteiger partial charge in [-0.25, -0.2) is 0 Å². The molecule has 4 rings (SSSR count). The molecule has 0 spiro atoms. The minimum Gasteiger partial charge on any atom is -0.369 e. The van der Waals surface area contributed by atoms with Gasteiger partial charge in [0.25, 0.3) is 0 Å². The van der Waals surface area contributed by atoms with E-state index in [0.717, 1.165) is 39.0 Å². The number of fused-ring (bicyclic) bond motifs is 1. The third-order valence-electron chi connectivity index (χ3n) is 6.13. The average Bonchev–Trinajstić information content (AvgIpc) is 2.69. The minimum atomic E-state index is -1.88. The Balaban J connectivity index is 1.69. The minimum absolute atomic E-state index is 0.231. The Hall–Kier alpha value is -1.69. The molecule has 6 heteroatoms. The zero-order valence-electron chi connectivity index (χ0n) is 16.1. The summed E-state index contributed by atoms with van der Waals surface area (Å²) in [4.78, 5) is 17.3. The van der Waals surface area contributed by atoms with Crippen LogP contribution in [0, 0.1) is 0 Å². The number of nitrogens with zero attached hydrogens (tertiary/aromatic N) is 5. The molecule has 0 aromatic rings. The van der Waals surface area contributed by atoms with Crippen molar-refractivity contribution in [2.24, 2.45) is 15.0 Å². The Morgan fingerprint density at radius 2 is 1.62 bits per heavy atom. The van der Waals surface area contributed by atoms with Crippen LogP contribution in [0.15, 0.2) is 39.3 Å². The molecule has 1 saturated heterocycles. The topological polar surface area (TPSA) is 43.6 Å². The maximum Gasteiger partial charge on any atom is 0.188 e. The Morgan fingerprint density at radius 3 is 2.23 bits per heavy atom. The number of dihydropyridines is 2. The monoisotopic (exact) mass is 369 g/mol. The zero-order chi connectivity index (χ0) is 18.0. The second-order valence-electron chi connectivity index (χ2n) is 8.18. The fourth-order valence-electron chi connectivity index (χ4n) is 4.84. The van der Waals surface area contributed by atoms with Gasteiger partial charge in [-0.05, 0) is 12.8 Å². The van der Waals surface area contributed by atoms with Crippen LogP contribution in [0.4, 0.5) is 0 Å². The third-order valence-corrected chi connectivity index (χ3v) is 10.3. The Kier molecular flexibility index (Phi) is 5.11. The van der Waals surface area contributed by atoms with E-state index in [1.54, 1.807) is 0 Å². The first-order valence-electron chi connectivity index (χ1n) is 10.1. The zero-order valence-corrected chi connectivity index (χ0v) is 17.1. The molecule has 140 valence electrons. The normalized spacial score (nSPS) is 29.5. The average molecular weight is 370 g/mol. The molecule has 0 bridgehead atoms. The molecule has 0 aromatic carbocycles. The quantitative estimate of drug-likeness (QED) is 0.564. The highest BCUT2D eigenvalue weighted by atomic mass is 28.3. The van der Waals surface area contributed by atoms with Crippen LogP contribution in [0.1, 0.15) is 25.7 Å². The van der Waals surface area contributed by atoms with Gasteiger partial charge in [0, 0.05) is 57.0 Å². The van der Waals surface area contributed by atoms with Crippen LogP contribution in [0.2, 0.25) is 18.6 Å². The molecule has 5 nitrogen and oxygen atoms in total.